The summed E-state index contributed by atoms with van der Waals surface area (Å²) in [5, 5.41) is 0. The van der Waals surface area contributed by atoms with Crippen LogP contribution in [-0.2, 0) is 0 Å². The molecule has 1 aliphatic rings. The summed E-state index contributed by atoms with van der Waals surface area (Å²) in [6.07, 6.45) is 3.07. The van der Waals surface area contributed by atoms with Gasteiger partial charge in [-0.25, -0.2) is 9.97 Å². The van der Waals surface area contributed by atoms with Gasteiger partial charge in [0.05, 0.1) is 0 Å². The first-order valence-corrected chi connectivity index (χ1v) is 9.28. The summed E-state index contributed by atoms with van der Waals surface area (Å²) in [5.74, 6) is 2.56. The lowest BCUT2D eigenvalue weighted by Crippen LogP contribution is -2.47. The molecule has 0 N–H and O–H groups in total. The maximum absolute atomic E-state index is 4.86. The fourth-order valence-electron chi connectivity index (χ4n) is 3.16. The van der Waals surface area contributed by atoms with E-state index >= 15 is 0 Å². The van der Waals surface area contributed by atoms with E-state index in [0.717, 1.165) is 55.1 Å². The molecule has 0 unspecified atom stereocenters. The Morgan fingerprint density at radius 1 is 1.04 bits per heavy atom. The molecule has 0 aromatic carbocycles. The Balaban J connectivity index is 1.75. The Hall–Kier alpha value is -2.01. The van der Waals surface area contributed by atoms with Crippen LogP contribution in [-0.4, -0.2) is 52.6 Å². The highest BCUT2D eigenvalue weighted by atomic mass is 15.3. The molecule has 0 saturated carbocycles. The molecular weight excluding hydrogens is 310 g/mol. The largest absolute Gasteiger partial charge is 0.354 e. The molecule has 0 amide bonds. The first kappa shape index (κ1) is 17.8. The lowest BCUT2D eigenvalue weighted by molar-refractivity contribution is 0.243. The normalized spacial score (nSPS) is 15.8. The number of piperazine rings is 1. The van der Waals surface area contributed by atoms with E-state index in [1.165, 1.54) is 18.5 Å². The summed E-state index contributed by atoms with van der Waals surface area (Å²) in [6.45, 7) is 14.2. The van der Waals surface area contributed by atoms with E-state index in [-0.39, 0.29) is 0 Å². The van der Waals surface area contributed by atoms with Gasteiger partial charge in [0.15, 0.2) is 5.82 Å². The third kappa shape index (κ3) is 4.34. The van der Waals surface area contributed by atoms with E-state index in [4.69, 9.17) is 4.98 Å². The minimum absolute atomic E-state index is 0.723. The first-order chi connectivity index (χ1) is 12.0. The maximum Gasteiger partial charge on any atom is 0.180 e. The van der Waals surface area contributed by atoms with Crippen LogP contribution >= 0.6 is 0 Å². The van der Waals surface area contributed by atoms with Crippen LogP contribution in [0, 0.1) is 19.8 Å². The molecule has 0 bridgehead atoms. The van der Waals surface area contributed by atoms with E-state index in [0.29, 0.717) is 0 Å². The summed E-state index contributed by atoms with van der Waals surface area (Å²) in [6, 6.07) is 5.87. The van der Waals surface area contributed by atoms with Crippen LogP contribution in [0.25, 0.3) is 11.5 Å². The molecule has 0 radical (unpaired) electrons. The number of anilines is 1. The fourth-order valence-corrected chi connectivity index (χ4v) is 3.16. The summed E-state index contributed by atoms with van der Waals surface area (Å²) >= 11 is 0. The first-order valence-electron chi connectivity index (χ1n) is 9.28. The molecule has 0 aliphatic carbocycles. The molecule has 2 aromatic rings. The van der Waals surface area contributed by atoms with Crippen LogP contribution in [0.1, 0.15) is 31.5 Å². The Bertz CT molecular complexity index is 691. The standard InChI is InChI=1S/C20H29N5/c1-15(2)8-10-24-11-13-25(14-12-24)20-16(3)17(4)22-19(23-20)18-7-5-6-9-21-18/h5-7,9,15H,8,10-14H2,1-4H3. The van der Waals surface area contributed by atoms with Gasteiger partial charge in [-0.15, -0.1) is 0 Å². The fraction of sp³-hybridized carbons (Fsp3) is 0.550. The lowest BCUT2D eigenvalue weighted by Gasteiger charge is -2.36. The van der Waals surface area contributed by atoms with Crippen molar-refractivity contribution in [1.82, 2.24) is 19.9 Å². The molecule has 0 spiro atoms. The predicted octanol–water partition coefficient (Wildman–Crippen LogP) is 3.32. The number of aromatic nitrogens is 3. The predicted molar refractivity (Wildman–Crippen MR) is 103 cm³/mol. The minimum Gasteiger partial charge on any atom is -0.354 e. The van der Waals surface area contributed by atoms with E-state index in [1.807, 2.05) is 18.2 Å². The molecule has 134 valence electrons. The topological polar surface area (TPSA) is 45.2 Å². The van der Waals surface area contributed by atoms with Crippen molar-refractivity contribution >= 4 is 5.82 Å². The van der Waals surface area contributed by atoms with Crippen molar-refractivity contribution < 1.29 is 0 Å². The average molecular weight is 339 g/mol. The second-order valence-electron chi connectivity index (χ2n) is 7.31. The molecule has 3 rings (SSSR count). The molecular formula is C20H29N5. The maximum atomic E-state index is 4.86. The van der Waals surface area contributed by atoms with Crippen molar-refractivity contribution in [1.29, 1.82) is 0 Å². The lowest BCUT2D eigenvalue weighted by atomic mass is 10.1. The number of pyridine rings is 1. The van der Waals surface area contributed by atoms with Crippen LogP contribution in [0.15, 0.2) is 24.4 Å². The number of hydrogen-bond acceptors (Lipinski definition) is 5. The Morgan fingerprint density at radius 2 is 1.80 bits per heavy atom. The van der Waals surface area contributed by atoms with Crippen molar-refractivity contribution in [3.63, 3.8) is 0 Å². The van der Waals surface area contributed by atoms with Crippen molar-refractivity contribution in [2.45, 2.75) is 34.1 Å². The van der Waals surface area contributed by atoms with Crippen molar-refractivity contribution in [2.24, 2.45) is 5.92 Å². The molecule has 5 nitrogen and oxygen atoms in total. The second kappa shape index (κ2) is 7.91. The van der Waals surface area contributed by atoms with Crippen molar-refractivity contribution in [3.8, 4) is 11.5 Å². The number of nitrogens with zero attached hydrogens (tertiary/aromatic N) is 5. The molecule has 5 heteroatoms. The van der Waals surface area contributed by atoms with Crippen LogP contribution in [0.5, 0.6) is 0 Å². The van der Waals surface area contributed by atoms with Gasteiger partial charge in [-0.3, -0.25) is 9.88 Å². The van der Waals surface area contributed by atoms with E-state index in [9.17, 15) is 0 Å². The van der Waals surface area contributed by atoms with Gasteiger partial charge in [-0.2, -0.15) is 0 Å². The van der Waals surface area contributed by atoms with E-state index in [1.54, 1.807) is 6.20 Å². The van der Waals surface area contributed by atoms with E-state index in [2.05, 4.69) is 47.5 Å². The summed E-state index contributed by atoms with van der Waals surface area (Å²) in [5.41, 5.74) is 3.05. The monoisotopic (exact) mass is 339 g/mol. The van der Waals surface area contributed by atoms with Crippen LogP contribution in [0.4, 0.5) is 5.82 Å². The van der Waals surface area contributed by atoms with Crippen molar-refractivity contribution in [2.75, 3.05) is 37.6 Å². The average Bonchev–Trinajstić information content (AvgIpc) is 2.63. The zero-order valence-electron chi connectivity index (χ0n) is 15.9. The Morgan fingerprint density at radius 3 is 2.44 bits per heavy atom. The number of aryl methyl sites for hydroxylation is 1. The highest BCUT2D eigenvalue weighted by molar-refractivity contribution is 5.57. The minimum atomic E-state index is 0.723. The SMILES string of the molecule is Cc1nc(-c2ccccn2)nc(N2CCN(CCC(C)C)CC2)c1C. The quantitative estimate of drug-likeness (QED) is 0.836. The van der Waals surface area contributed by atoms with Gasteiger partial charge in [0.1, 0.15) is 11.5 Å². The van der Waals surface area contributed by atoms with Gasteiger partial charge in [-0.1, -0.05) is 19.9 Å². The van der Waals surface area contributed by atoms with Crippen LogP contribution < -0.4 is 4.90 Å². The summed E-state index contributed by atoms with van der Waals surface area (Å²) in [7, 11) is 0. The van der Waals surface area contributed by atoms with Gasteiger partial charge >= 0.3 is 0 Å². The molecule has 1 saturated heterocycles. The Labute approximate surface area is 151 Å². The van der Waals surface area contributed by atoms with Crippen LogP contribution in [0.2, 0.25) is 0 Å². The van der Waals surface area contributed by atoms with Crippen molar-refractivity contribution in [3.05, 3.63) is 35.7 Å². The zero-order valence-corrected chi connectivity index (χ0v) is 15.9. The van der Waals surface area contributed by atoms with Gasteiger partial charge in [0.2, 0.25) is 0 Å². The van der Waals surface area contributed by atoms with Gasteiger partial charge in [0, 0.05) is 43.6 Å². The van der Waals surface area contributed by atoms with Gasteiger partial charge < -0.3 is 4.90 Å². The van der Waals surface area contributed by atoms with E-state index < -0.39 is 0 Å². The van der Waals surface area contributed by atoms with Crippen LogP contribution in [0.3, 0.4) is 0 Å². The zero-order chi connectivity index (χ0) is 17.8. The smallest absolute Gasteiger partial charge is 0.180 e. The third-order valence-electron chi connectivity index (χ3n) is 4.95. The number of hydrogen-bond donors (Lipinski definition) is 0. The van der Waals surface area contributed by atoms with Gasteiger partial charge in [-0.05, 0) is 44.9 Å². The molecule has 25 heavy (non-hydrogen) atoms. The molecule has 1 aliphatic heterocycles. The number of rotatable bonds is 5. The molecule has 1 fully saturated rings. The summed E-state index contributed by atoms with van der Waals surface area (Å²) < 4.78 is 0. The Kier molecular flexibility index (Phi) is 5.63. The second-order valence-corrected chi connectivity index (χ2v) is 7.31. The summed E-state index contributed by atoms with van der Waals surface area (Å²) in [4.78, 5) is 18.9. The molecule has 3 heterocycles. The van der Waals surface area contributed by atoms with Gasteiger partial charge in [0.25, 0.3) is 0 Å². The highest BCUT2D eigenvalue weighted by Gasteiger charge is 2.21. The molecule has 2 aromatic heterocycles. The third-order valence-corrected chi connectivity index (χ3v) is 4.95. The molecule has 0 atom stereocenters. The highest BCUT2D eigenvalue weighted by Crippen LogP contribution is 2.24.